The lowest BCUT2D eigenvalue weighted by molar-refractivity contribution is -0.143. The predicted octanol–water partition coefficient (Wildman–Crippen LogP) is 5.50. The fourth-order valence-electron chi connectivity index (χ4n) is 6.79. The Balaban J connectivity index is 2.02. The minimum Gasteiger partial charge on any atom is -0.497 e. The van der Waals surface area contributed by atoms with Gasteiger partial charge in [-0.2, -0.15) is 0 Å². The van der Waals surface area contributed by atoms with Crippen LogP contribution in [0.25, 0.3) is 0 Å². The molecule has 2 amide bonds. The molecule has 0 bridgehead atoms. The summed E-state index contributed by atoms with van der Waals surface area (Å²) in [5, 5.41) is 1.11. The molecule has 2 aromatic rings. The number of likely N-dealkylation sites (tertiary alicyclic amines) is 1. The van der Waals surface area contributed by atoms with E-state index in [9.17, 15) is 14.4 Å². The summed E-state index contributed by atoms with van der Waals surface area (Å²) in [6.45, 7) is 13.7. The zero-order chi connectivity index (χ0) is 29.8. The summed E-state index contributed by atoms with van der Waals surface area (Å²) in [5.41, 5.74) is -0.453. The van der Waals surface area contributed by atoms with Crippen molar-refractivity contribution >= 4 is 48.7 Å². The van der Waals surface area contributed by atoms with Gasteiger partial charge in [0.2, 0.25) is 0 Å². The number of amides is 2. The van der Waals surface area contributed by atoms with E-state index < -0.39 is 49.1 Å². The number of ether oxygens (including phenoxy) is 3. The first-order valence-electron chi connectivity index (χ1n) is 13.5. The number of nitrogens with zero attached hydrogens (tertiary/aromatic N) is 2. The summed E-state index contributed by atoms with van der Waals surface area (Å²) >= 11 is 6.69. The number of hydrogen-bond acceptors (Lipinski definition) is 6. The van der Waals surface area contributed by atoms with E-state index in [1.165, 1.54) is 12.0 Å². The van der Waals surface area contributed by atoms with Gasteiger partial charge in [0.05, 0.1) is 34.4 Å². The molecule has 0 aliphatic carbocycles. The van der Waals surface area contributed by atoms with Crippen LogP contribution in [0.3, 0.4) is 0 Å². The average molecular weight is 587 g/mol. The molecule has 2 aliphatic heterocycles. The van der Waals surface area contributed by atoms with Gasteiger partial charge in [-0.1, -0.05) is 55.0 Å². The van der Waals surface area contributed by atoms with Crippen LogP contribution in [0.15, 0.2) is 42.5 Å². The second-order valence-electron chi connectivity index (χ2n) is 12.3. The summed E-state index contributed by atoms with van der Waals surface area (Å²) in [5.74, 6) is -0.565. The second kappa shape index (κ2) is 10.4. The Labute approximate surface area is 242 Å². The van der Waals surface area contributed by atoms with Crippen molar-refractivity contribution in [2.24, 2.45) is 5.92 Å². The van der Waals surface area contributed by atoms with Crippen LogP contribution < -0.4 is 14.3 Å². The first-order valence-corrected chi connectivity index (χ1v) is 16.9. The van der Waals surface area contributed by atoms with Gasteiger partial charge in [-0.3, -0.25) is 14.5 Å². The normalized spacial score (nSPS) is 24.4. The van der Waals surface area contributed by atoms with Crippen molar-refractivity contribution in [3.63, 3.8) is 0 Å². The van der Waals surface area contributed by atoms with Crippen LogP contribution in [-0.2, 0) is 24.6 Å². The van der Waals surface area contributed by atoms with Crippen LogP contribution >= 0.6 is 11.8 Å². The smallest absolute Gasteiger partial charge is 0.411 e. The Bertz CT molecular complexity index is 1320. The molecule has 0 radical (unpaired) electrons. The van der Waals surface area contributed by atoms with E-state index in [1.807, 2.05) is 50.2 Å². The molecule has 1 spiro atoms. The van der Waals surface area contributed by atoms with Gasteiger partial charge >= 0.3 is 12.1 Å². The summed E-state index contributed by atoms with van der Waals surface area (Å²) in [7, 11) is 0.407. The fraction of sp³-hybridized carbons (Fsp3) is 0.500. The number of fused-ring (bicyclic) bond motifs is 2. The molecule has 8 nitrogen and oxygen atoms in total. The number of carbonyl (C=O) groups excluding carboxylic acids is 3. The quantitative estimate of drug-likeness (QED) is 0.261. The molecule has 0 aromatic heterocycles. The number of benzene rings is 2. The Morgan fingerprint density at radius 2 is 1.70 bits per heavy atom. The van der Waals surface area contributed by atoms with Crippen LogP contribution in [0.1, 0.15) is 45.2 Å². The topological polar surface area (TPSA) is 85.4 Å². The van der Waals surface area contributed by atoms with E-state index in [1.54, 1.807) is 33.9 Å². The molecular formula is C30H39ClN2O6Si. The maximum Gasteiger partial charge on any atom is 0.411 e. The van der Waals surface area contributed by atoms with Crippen molar-refractivity contribution in [2.75, 3.05) is 18.6 Å². The molecule has 2 aromatic carbocycles. The van der Waals surface area contributed by atoms with Gasteiger partial charge in [0, 0.05) is 23.4 Å². The maximum absolute atomic E-state index is 14.4. The molecule has 4 rings (SSSR count). The number of hydrogen-bond donors (Lipinski definition) is 0. The van der Waals surface area contributed by atoms with Crippen molar-refractivity contribution in [2.45, 2.75) is 76.9 Å². The zero-order valence-electron chi connectivity index (χ0n) is 24.7. The molecule has 4 atom stereocenters. The van der Waals surface area contributed by atoms with Gasteiger partial charge in [-0.05, 0) is 57.4 Å². The molecule has 0 saturated carbocycles. The van der Waals surface area contributed by atoms with Crippen LogP contribution in [0.4, 0.5) is 10.5 Å². The minimum atomic E-state index is -2.54. The first-order chi connectivity index (χ1) is 18.6. The van der Waals surface area contributed by atoms with Crippen molar-refractivity contribution in [1.29, 1.82) is 0 Å². The second-order valence-corrected chi connectivity index (χ2v) is 17.4. The summed E-state index contributed by atoms with van der Waals surface area (Å²) in [6.07, 6.45) is -0.751. The summed E-state index contributed by atoms with van der Waals surface area (Å²) in [4.78, 5) is 43.1. The van der Waals surface area contributed by atoms with E-state index in [-0.39, 0.29) is 12.0 Å². The highest BCUT2D eigenvalue weighted by Gasteiger charge is 2.71. The first kappa shape index (κ1) is 29.9. The highest BCUT2D eigenvalue weighted by Crippen LogP contribution is 2.62. The van der Waals surface area contributed by atoms with Gasteiger partial charge in [0.15, 0.2) is 5.54 Å². The van der Waals surface area contributed by atoms with E-state index in [0.29, 0.717) is 11.3 Å². The lowest BCUT2D eigenvalue weighted by Gasteiger charge is -2.39. The van der Waals surface area contributed by atoms with Crippen molar-refractivity contribution < 1.29 is 28.6 Å². The molecule has 10 heteroatoms. The minimum absolute atomic E-state index is 0.0875. The Kier molecular flexibility index (Phi) is 7.79. The van der Waals surface area contributed by atoms with Gasteiger partial charge < -0.3 is 14.2 Å². The number of methoxy groups -OCH3 is 2. The fourth-order valence-corrected chi connectivity index (χ4v) is 11.2. The molecular weight excluding hydrogens is 548 g/mol. The van der Waals surface area contributed by atoms with E-state index in [0.717, 1.165) is 20.9 Å². The Morgan fingerprint density at radius 3 is 2.25 bits per heavy atom. The zero-order valence-corrected chi connectivity index (χ0v) is 26.5. The highest BCUT2D eigenvalue weighted by molar-refractivity contribution is 6.91. The Hall–Kier alpha value is -3.04. The Morgan fingerprint density at radius 1 is 1.07 bits per heavy atom. The van der Waals surface area contributed by atoms with Crippen molar-refractivity contribution in [3.05, 3.63) is 53.6 Å². The van der Waals surface area contributed by atoms with Crippen LogP contribution in [0.2, 0.25) is 18.6 Å². The van der Waals surface area contributed by atoms with E-state index >= 15 is 0 Å². The monoisotopic (exact) mass is 586 g/mol. The molecule has 0 unspecified atom stereocenters. The largest absolute Gasteiger partial charge is 0.497 e. The van der Waals surface area contributed by atoms with Gasteiger partial charge in [0.25, 0.3) is 5.91 Å². The van der Waals surface area contributed by atoms with Crippen LogP contribution in [0.5, 0.6) is 5.75 Å². The molecule has 1 fully saturated rings. The lowest BCUT2D eigenvalue weighted by atomic mass is 9.80. The molecule has 40 heavy (non-hydrogen) atoms. The molecule has 1 saturated heterocycles. The number of carbonyl (C=O) groups is 3. The van der Waals surface area contributed by atoms with Gasteiger partial charge in [0.1, 0.15) is 11.4 Å². The summed E-state index contributed by atoms with van der Waals surface area (Å²) in [6, 6.07) is 12.8. The molecule has 216 valence electrons. The molecule has 2 aliphatic rings. The standard InChI is InChI=1S/C30H39ClN2O6Si/c1-18-10-15-23-22(16-18)30(27(35)33(23)31)19(2)26(40(8,9)21-13-11-20(37-6)12-14-21)24(17-25(34)38-7)32(30)28(36)39-29(3,4)5/h10-16,19,24,26H,17H2,1-9H3/t19-,24+,26-,30+/m1/s1. The number of esters is 1. The third-order valence-electron chi connectivity index (χ3n) is 8.46. The maximum atomic E-state index is 14.4. The molecule has 2 heterocycles. The number of rotatable bonds is 5. The van der Waals surface area contributed by atoms with Crippen LogP contribution in [-0.4, -0.2) is 56.8 Å². The molecule has 0 N–H and O–H groups in total. The summed E-state index contributed by atoms with van der Waals surface area (Å²) < 4.78 is 17.6. The predicted molar refractivity (Wildman–Crippen MR) is 158 cm³/mol. The van der Waals surface area contributed by atoms with Gasteiger partial charge in [-0.25, -0.2) is 9.21 Å². The highest BCUT2D eigenvalue weighted by atomic mass is 35.5. The van der Waals surface area contributed by atoms with E-state index in [2.05, 4.69) is 13.1 Å². The average Bonchev–Trinajstić information content (AvgIpc) is 3.26. The number of aryl methyl sites for hydroxylation is 1. The van der Waals surface area contributed by atoms with Crippen LogP contribution in [0, 0.1) is 12.8 Å². The third-order valence-corrected chi connectivity index (χ3v) is 13.2. The SMILES string of the molecule is COC(=O)C[C@H]1[C@H]([Si](C)(C)c2ccc(OC)cc2)[C@@H](C)[C@]2(C(=O)N(Cl)c3ccc(C)cc32)N1C(=O)OC(C)(C)C. The number of anilines is 1. The van der Waals surface area contributed by atoms with Gasteiger partial charge in [-0.15, -0.1) is 0 Å². The third kappa shape index (κ3) is 4.66. The number of halogens is 1. The van der Waals surface area contributed by atoms with Crippen molar-refractivity contribution in [3.8, 4) is 5.75 Å². The van der Waals surface area contributed by atoms with Crippen molar-refractivity contribution in [1.82, 2.24) is 4.90 Å². The lowest BCUT2D eigenvalue weighted by Crippen LogP contribution is -2.56. The van der Waals surface area contributed by atoms with E-state index in [4.69, 9.17) is 26.0 Å².